The van der Waals surface area contributed by atoms with Crippen LogP contribution in [0.25, 0.3) is 0 Å². The molecular weight excluding hydrogens is 194 g/mol. The molecule has 0 atom stereocenters. The van der Waals surface area contributed by atoms with Crippen molar-refractivity contribution in [3.05, 3.63) is 24.2 Å². The molecule has 0 unspecified atom stereocenters. The Hall–Kier alpha value is -1.29. The summed E-state index contributed by atoms with van der Waals surface area (Å²) in [6, 6.07) is 3.60. The standard InChI is InChI=1S/C11H15NO3/c1-2-14-9-6-8(7-9)12-11(13)10-4-3-5-15-10/h3-5,8-9H,2,6-7H2,1H3,(H,12,13). The van der Waals surface area contributed by atoms with E-state index in [4.69, 9.17) is 9.15 Å². The van der Waals surface area contributed by atoms with Gasteiger partial charge in [0.1, 0.15) is 0 Å². The molecule has 15 heavy (non-hydrogen) atoms. The van der Waals surface area contributed by atoms with Crippen LogP contribution < -0.4 is 5.32 Å². The lowest BCUT2D eigenvalue weighted by Gasteiger charge is -2.35. The molecule has 1 N–H and O–H groups in total. The van der Waals surface area contributed by atoms with Gasteiger partial charge in [0, 0.05) is 12.6 Å². The Bertz CT molecular complexity index is 315. The summed E-state index contributed by atoms with van der Waals surface area (Å²) < 4.78 is 10.4. The Morgan fingerprint density at radius 2 is 2.47 bits per heavy atom. The smallest absolute Gasteiger partial charge is 0.287 e. The van der Waals surface area contributed by atoms with Crippen LogP contribution in [0.3, 0.4) is 0 Å². The molecule has 0 saturated heterocycles. The molecule has 1 amide bonds. The third kappa shape index (κ3) is 2.39. The van der Waals surface area contributed by atoms with Gasteiger partial charge in [-0.1, -0.05) is 0 Å². The lowest BCUT2D eigenvalue weighted by Crippen LogP contribution is -2.47. The molecule has 0 bridgehead atoms. The Labute approximate surface area is 88.6 Å². The predicted molar refractivity (Wildman–Crippen MR) is 54.6 cm³/mol. The summed E-state index contributed by atoms with van der Waals surface area (Å²) in [4.78, 5) is 11.5. The first-order chi connectivity index (χ1) is 7.29. The molecule has 0 aromatic carbocycles. The average molecular weight is 209 g/mol. The van der Waals surface area contributed by atoms with Gasteiger partial charge < -0.3 is 14.5 Å². The number of amides is 1. The quantitative estimate of drug-likeness (QED) is 0.819. The van der Waals surface area contributed by atoms with Crippen molar-refractivity contribution in [1.82, 2.24) is 5.32 Å². The zero-order chi connectivity index (χ0) is 10.7. The summed E-state index contributed by atoms with van der Waals surface area (Å²) in [7, 11) is 0. The van der Waals surface area contributed by atoms with Crippen LogP contribution in [-0.4, -0.2) is 24.7 Å². The Morgan fingerprint density at radius 1 is 1.67 bits per heavy atom. The minimum atomic E-state index is -0.139. The first-order valence-electron chi connectivity index (χ1n) is 5.25. The highest BCUT2D eigenvalue weighted by Gasteiger charge is 2.31. The van der Waals surface area contributed by atoms with E-state index in [-0.39, 0.29) is 11.9 Å². The topological polar surface area (TPSA) is 51.5 Å². The third-order valence-electron chi connectivity index (χ3n) is 2.58. The third-order valence-corrected chi connectivity index (χ3v) is 2.58. The van der Waals surface area contributed by atoms with Gasteiger partial charge in [-0.05, 0) is 31.9 Å². The van der Waals surface area contributed by atoms with Crippen LogP contribution in [0, 0.1) is 0 Å². The van der Waals surface area contributed by atoms with Crippen molar-refractivity contribution in [3.63, 3.8) is 0 Å². The van der Waals surface area contributed by atoms with Gasteiger partial charge in [-0.15, -0.1) is 0 Å². The van der Waals surface area contributed by atoms with Crippen molar-refractivity contribution in [2.45, 2.75) is 31.9 Å². The summed E-state index contributed by atoms with van der Waals surface area (Å²) in [5.74, 6) is 0.231. The zero-order valence-electron chi connectivity index (χ0n) is 8.73. The lowest BCUT2D eigenvalue weighted by atomic mass is 9.89. The van der Waals surface area contributed by atoms with E-state index >= 15 is 0 Å². The van der Waals surface area contributed by atoms with E-state index < -0.39 is 0 Å². The maximum atomic E-state index is 11.5. The van der Waals surface area contributed by atoms with Crippen LogP contribution in [0.4, 0.5) is 0 Å². The summed E-state index contributed by atoms with van der Waals surface area (Å²) in [6.07, 6.45) is 3.62. The largest absolute Gasteiger partial charge is 0.459 e. The van der Waals surface area contributed by atoms with Gasteiger partial charge in [0.15, 0.2) is 5.76 Å². The second-order valence-corrected chi connectivity index (χ2v) is 3.70. The molecule has 0 aliphatic heterocycles. The molecule has 1 aromatic rings. The summed E-state index contributed by atoms with van der Waals surface area (Å²) in [6.45, 7) is 2.72. The fourth-order valence-corrected chi connectivity index (χ4v) is 1.72. The van der Waals surface area contributed by atoms with Crippen LogP contribution in [0.5, 0.6) is 0 Å². The maximum Gasteiger partial charge on any atom is 0.287 e. The molecule has 1 aliphatic rings. The second-order valence-electron chi connectivity index (χ2n) is 3.70. The summed E-state index contributed by atoms with van der Waals surface area (Å²) in [5, 5.41) is 2.89. The first kappa shape index (κ1) is 10.2. The SMILES string of the molecule is CCOC1CC(NC(=O)c2ccco2)C1. The van der Waals surface area contributed by atoms with Crippen molar-refractivity contribution >= 4 is 5.91 Å². The number of carbonyl (C=O) groups excluding carboxylic acids is 1. The molecule has 1 heterocycles. The van der Waals surface area contributed by atoms with Gasteiger partial charge in [0.2, 0.25) is 0 Å². The Kier molecular flexibility index (Phi) is 3.06. The molecule has 4 heteroatoms. The van der Waals surface area contributed by atoms with Crippen molar-refractivity contribution in [2.24, 2.45) is 0 Å². The molecule has 4 nitrogen and oxygen atoms in total. The van der Waals surface area contributed by atoms with Crippen molar-refractivity contribution in [2.75, 3.05) is 6.61 Å². The van der Waals surface area contributed by atoms with Gasteiger partial charge in [-0.3, -0.25) is 4.79 Å². The lowest BCUT2D eigenvalue weighted by molar-refractivity contribution is -0.00884. The van der Waals surface area contributed by atoms with Gasteiger partial charge in [-0.2, -0.15) is 0 Å². The van der Waals surface area contributed by atoms with Gasteiger partial charge in [0.05, 0.1) is 12.4 Å². The predicted octanol–water partition coefficient (Wildman–Crippen LogP) is 1.58. The van der Waals surface area contributed by atoms with Crippen LogP contribution in [0.1, 0.15) is 30.3 Å². The van der Waals surface area contributed by atoms with E-state index in [1.165, 1.54) is 6.26 Å². The molecule has 0 radical (unpaired) electrons. The Morgan fingerprint density at radius 3 is 3.07 bits per heavy atom. The van der Waals surface area contributed by atoms with Crippen LogP contribution >= 0.6 is 0 Å². The highest BCUT2D eigenvalue weighted by Crippen LogP contribution is 2.23. The number of hydrogen-bond donors (Lipinski definition) is 1. The zero-order valence-corrected chi connectivity index (χ0v) is 8.73. The van der Waals surface area contributed by atoms with Crippen LogP contribution in [0.2, 0.25) is 0 Å². The number of ether oxygens (including phenoxy) is 1. The van der Waals surface area contributed by atoms with Crippen LogP contribution in [0.15, 0.2) is 22.8 Å². The fraction of sp³-hybridized carbons (Fsp3) is 0.545. The van der Waals surface area contributed by atoms with E-state index in [0.29, 0.717) is 11.9 Å². The monoisotopic (exact) mass is 209 g/mol. The number of nitrogens with one attached hydrogen (secondary N) is 1. The summed E-state index contributed by atoms with van der Waals surface area (Å²) >= 11 is 0. The number of rotatable bonds is 4. The highest BCUT2D eigenvalue weighted by atomic mass is 16.5. The molecule has 2 rings (SSSR count). The van der Waals surface area contributed by atoms with E-state index in [0.717, 1.165) is 19.4 Å². The fourth-order valence-electron chi connectivity index (χ4n) is 1.72. The Balaban J connectivity index is 1.74. The molecule has 1 aromatic heterocycles. The highest BCUT2D eigenvalue weighted by molar-refractivity contribution is 5.91. The van der Waals surface area contributed by atoms with E-state index in [1.807, 2.05) is 6.92 Å². The minimum Gasteiger partial charge on any atom is -0.459 e. The average Bonchev–Trinajstić information content (AvgIpc) is 2.67. The number of furan rings is 1. The van der Waals surface area contributed by atoms with Crippen LogP contribution in [-0.2, 0) is 4.74 Å². The van der Waals surface area contributed by atoms with Gasteiger partial charge in [0.25, 0.3) is 5.91 Å². The van der Waals surface area contributed by atoms with E-state index in [9.17, 15) is 4.79 Å². The normalized spacial score (nSPS) is 24.6. The molecule has 0 spiro atoms. The minimum absolute atomic E-state index is 0.139. The molecule has 82 valence electrons. The maximum absolute atomic E-state index is 11.5. The number of hydrogen-bond acceptors (Lipinski definition) is 3. The summed E-state index contributed by atoms with van der Waals surface area (Å²) in [5.41, 5.74) is 0. The van der Waals surface area contributed by atoms with Crippen molar-refractivity contribution < 1.29 is 13.9 Å². The number of carbonyl (C=O) groups is 1. The molecule has 1 saturated carbocycles. The first-order valence-corrected chi connectivity index (χ1v) is 5.25. The van der Waals surface area contributed by atoms with E-state index in [1.54, 1.807) is 12.1 Å². The van der Waals surface area contributed by atoms with Gasteiger partial charge >= 0.3 is 0 Å². The molecular formula is C11H15NO3. The van der Waals surface area contributed by atoms with Crippen molar-refractivity contribution in [3.8, 4) is 0 Å². The van der Waals surface area contributed by atoms with Gasteiger partial charge in [-0.25, -0.2) is 0 Å². The van der Waals surface area contributed by atoms with Crippen molar-refractivity contribution in [1.29, 1.82) is 0 Å². The molecule has 1 aliphatic carbocycles. The second kappa shape index (κ2) is 4.49. The molecule has 1 fully saturated rings. The van der Waals surface area contributed by atoms with E-state index in [2.05, 4.69) is 5.32 Å².